The number of rotatable bonds is 3. The highest BCUT2D eigenvalue weighted by Gasteiger charge is 2.58. The molecule has 5 fully saturated rings. The standard InChI is InChI=1S/C18H30N2O/c1-17-6-14-5-15(7-17)9-18(8-14,12-17)16(21)20-11-13-3-2-4-19-10-13/h13-15,19H,2-12H2,1H3,(H,20,21). The molecule has 0 radical (unpaired) electrons. The minimum Gasteiger partial charge on any atom is -0.355 e. The Hall–Kier alpha value is -0.570. The summed E-state index contributed by atoms with van der Waals surface area (Å²) >= 11 is 0. The van der Waals surface area contributed by atoms with Gasteiger partial charge < -0.3 is 10.6 Å². The van der Waals surface area contributed by atoms with Crippen molar-refractivity contribution in [2.24, 2.45) is 28.6 Å². The Morgan fingerprint density at radius 3 is 2.62 bits per heavy atom. The zero-order valence-electron chi connectivity index (χ0n) is 13.4. The van der Waals surface area contributed by atoms with E-state index in [4.69, 9.17) is 0 Å². The largest absolute Gasteiger partial charge is 0.355 e. The van der Waals surface area contributed by atoms with Crippen LogP contribution < -0.4 is 10.6 Å². The van der Waals surface area contributed by atoms with Crippen LogP contribution in [0.3, 0.4) is 0 Å². The molecule has 0 aromatic carbocycles. The highest BCUT2D eigenvalue weighted by atomic mass is 16.2. The molecular weight excluding hydrogens is 260 g/mol. The van der Waals surface area contributed by atoms with Crippen LogP contribution in [0.15, 0.2) is 0 Å². The molecule has 118 valence electrons. The first-order chi connectivity index (χ1) is 10.1. The Kier molecular flexibility index (Phi) is 3.33. The molecule has 0 spiro atoms. The van der Waals surface area contributed by atoms with Gasteiger partial charge in [0.1, 0.15) is 0 Å². The fraction of sp³-hybridized carbons (Fsp3) is 0.944. The zero-order valence-corrected chi connectivity index (χ0v) is 13.4. The van der Waals surface area contributed by atoms with Gasteiger partial charge in [0, 0.05) is 6.54 Å². The van der Waals surface area contributed by atoms with Crippen LogP contribution in [0.1, 0.15) is 58.3 Å². The number of carbonyl (C=O) groups excluding carboxylic acids is 1. The number of carbonyl (C=O) groups is 1. The van der Waals surface area contributed by atoms with E-state index in [2.05, 4.69) is 17.6 Å². The van der Waals surface area contributed by atoms with E-state index in [1.807, 2.05) is 0 Å². The number of hydrogen-bond donors (Lipinski definition) is 2. The maximum atomic E-state index is 13.0. The molecule has 1 aliphatic heterocycles. The highest BCUT2D eigenvalue weighted by molar-refractivity contribution is 5.83. The third kappa shape index (κ3) is 2.52. The van der Waals surface area contributed by atoms with E-state index >= 15 is 0 Å². The lowest BCUT2D eigenvalue weighted by Crippen LogP contribution is -2.57. The van der Waals surface area contributed by atoms with Crippen LogP contribution in [0.25, 0.3) is 0 Å². The van der Waals surface area contributed by atoms with E-state index < -0.39 is 0 Å². The lowest BCUT2D eigenvalue weighted by atomic mass is 9.44. The molecule has 3 nitrogen and oxygen atoms in total. The minimum atomic E-state index is 0.000921. The van der Waals surface area contributed by atoms with Gasteiger partial charge in [-0.1, -0.05) is 6.92 Å². The van der Waals surface area contributed by atoms with Crippen LogP contribution in [-0.2, 0) is 4.79 Å². The first kappa shape index (κ1) is 14.0. The Balaban J connectivity index is 1.41. The Morgan fingerprint density at radius 1 is 1.24 bits per heavy atom. The molecule has 0 aromatic rings. The van der Waals surface area contributed by atoms with Crippen molar-refractivity contribution in [1.29, 1.82) is 0 Å². The molecule has 4 bridgehead atoms. The van der Waals surface area contributed by atoms with Crippen molar-refractivity contribution in [1.82, 2.24) is 10.6 Å². The molecule has 1 amide bonds. The van der Waals surface area contributed by atoms with Crippen molar-refractivity contribution in [3.05, 3.63) is 0 Å². The fourth-order valence-corrected chi connectivity index (χ4v) is 6.51. The van der Waals surface area contributed by atoms with Gasteiger partial charge in [-0.05, 0) is 87.6 Å². The summed E-state index contributed by atoms with van der Waals surface area (Å²) in [6, 6.07) is 0. The SMILES string of the molecule is CC12CC3CC(C1)CC(C(=O)NCC1CCCNC1)(C3)C2. The summed E-state index contributed by atoms with van der Waals surface area (Å²) in [4.78, 5) is 13.0. The van der Waals surface area contributed by atoms with Crippen LogP contribution in [0.4, 0.5) is 0 Å². The molecular formula is C18H30N2O. The van der Waals surface area contributed by atoms with Gasteiger partial charge in [0.05, 0.1) is 5.41 Å². The number of amides is 1. The van der Waals surface area contributed by atoms with E-state index in [1.54, 1.807) is 0 Å². The van der Waals surface area contributed by atoms with E-state index in [9.17, 15) is 4.79 Å². The average Bonchev–Trinajstić information content (AvgIpc) is 2.43. The van der Waals surface area contributed by atoms with E-state index in [-0.39, 0.29) is 5.41 Å². The number of piperidine rings is 1. The molecule has 4 aliphatic carbocycles. The third-order valence-electron chi connectivity index (χ3n) is 6.79. The number of hydrogen-bond acceptors (Lipinski definition) is 2. The molecule has 2 N–H and O–H groups in total. The second-order valence-corrected chi connectivity index (χ2v) is 8.97. The molecule has 0 aromatic heterocycles. The van der Waals surface area contributed by atoms with Gasteiger partial charge in [0.15, 0.2) is 0 Å². The van der Waals surface area contributed by atoms with Crippen LogP contribution in [0.5, 0.6) is 0 Å². The van der Waals surface area contributed by atoms with Gasteiger partial charge in [0.25, 0.3) is 0 Å². The first-order valence-electron chi connectivity index (χ1n) is 9.06. The van der Waals surface area contributed by atoms with Crippen LogP contribution in [0, 0.1) is 28.6 Å². The molecule has 3 heteroatoms. The molecule has 21 heavy (non-hydrogen) atoms. The Labute approximate surface area is 128 Å². The van der Waals surface area contributed by atoms with Gasteiger partial charge in [-0.25, -0.2) is 0 Å². The summed E-state index contributed by atoms with van der Waals surface area (Å²) in [6.45, 7) is 5.56. The molecule has 5 aliphatic rings. The van der Waals surface area contributed by atoms with Crippen molar-refractivity contribution in [2.45, 2.75) is 58.3 Å². The Bertz CT molecular complexity index is 413. The summed E-state index contributed by atoms with van der Waals surface area (Å²) < 4.78 is 0. The second kappa shape index (κ2) is 4.97. The molecule has 1 heterocycles. The smallest absolute Gasteiger partial charge is 0.226 e. The normalized spacial score (nSPS) is 48.3. The van der Waals surface area contributed by atoms with Crippen LogP contribution >= 0.6 is 0 Å². The number of nitrogens with one attached hydrogen (secondary N) is 2. The quantitative estimate of drug-likeness (QED) is 0.839. The van der Waals surface area contributed by atoms with Gasteiger partial charge in [-0.3, -0.25) is 4.79 Å². The van der Waals surface area contributed by atoms with E-state index in [0.717, 1.165) is 37.9 Å². The van der Waals surface area contributed by atoms with Gasteiger partial charge in [-0.2, -0.15) is 0 Å². The predicted molar refractivity (Wildman–Crippen MR) is 83.8 cm³/mol. The summed E-state index contributed by atoms with van der Waals surface area (Å²) in [5.41, 5.74) is 0.467. The lowest BCUT2D eigenvalue weighted by Gasteiger charge is -2.60. The summed E-state index contributed by atoms with van der Waals surface area (Å²) in [7, 11) is 0. The predicted octanol–water partition coefficient (Wildman–Crippen LogP) is 2.71. The second-order valence-electron chi connectivity index (χ2n) is 8.97. The summed E-state index contributed by atoms with van der Waals surface area (Å²) in [6.07, 6.45) is 10.2. The van der Waals surface area contributed by atoms with Crippen molar-refractivity contribution in [2.75, 3.05) is 19.6 Å². The third-order valence-corrected chi connectivity index (χ3v) is 6.79. The molecule has 4 saturated carbocycles. The van der Waals surface area contributed by atoms with Crippen molar-refractivity contribution in [3.8, 4) is 0 Å². The van der Waals surface area contributed by atoms with Crippen molar-refractivity contribution in [3.63, 3.8) is 0 Å². The first-order valence-corrected chi connectivity index (χ1v) is 9.06. The van der Waals surface area contributed by atoms with E-state index in [1.165, 1.54) is 44.9 Å². The van der Waals surface area contributed by atoms with Gasteiger partial charge in [0.2, 0.25) is 5.91 Å². The van der Waals surface area contributed by atoms with Crippen molar-refractivity contribution < 1.29 is 4.79 Å². The molecule has 3 atom stereocenters. The molecule has 3 unspecified atom stereocenters. The maximum Gasteiger partial charge on any atom is 0.226 e. The maximum absolute atomic E-state index is 13.0. The van der Waals surface area contributed by atoms with Crippen molar-refractivity contribution >= 4 is 5.91 Å². The van der Waals surface area contributed by atoms with Gasteiger partial charge >= 0.3 is 0 Å². The highest BCUT2D eigenvalue weighted by Crippen LogP contribution is 2.65. The average molecular weight is 290 g/mol. The van der Waals surface area contributed by atoms with Crippen LogP contribution in [0.2, 0.25) is 0 Å². The Morgan fingerprint density at radius 2 is 2.00 bits per heavy atom. The molecule has 1 saturated heterocycles. The van der Waals surface area contributed by atoms with Gasteiger partial charge in [-0.15, -0.1) is 0 Å². The summed E-state index contributed by atoms with van der Waals surface area (Å²) in [5, 5.41) is 6.80. The van der Waals surface area contributed by atoms with Crippen LogP contribution in [-0.4, -0.2) is 25.5 Å². The lowest BCUT2D eigenvalue weighted by molar-refractivity contribution is -0.155. The zero-order chi connectivity index (χ0) is 14.5. The fourth-order valence-electron chi connectivity index (χ4n) is 6.51. The monoisotopic (exact) mass is 290 g/mol. The minimum absolute atomic E-state index is 0.000921. The topological polar surface area (TPSA) is 41.1 Å². The van der Waals surface area contributed by atoms with E-state index in [0.29, 0.717) is 17.2 Å². The molecule has 5 rings (SSSR count). The summed E-state index contributed by atoms with van der Waals surface area (Å²) in [5.74, 6) is 2.71.